The maximum atomic E-state index is 12.1. The highest BCUT2D eigenvalue weighted by Crippen LogP contribution is 2.22. The average molecular weight is 287 g/mol. The number of benzene rings is 1. The van der Waals surface area contributed by atoms with E-state index in [1.807, 2.05) is 13.0 Å². The Morgan fingerprint density at radius 2 is 2.17 bits per heavy atom. The molecule has 1 aromatic rings. The lowest BCUT2D eigenvalue weighted by Crippen LogP contribution is -2.32. The predicted molar refractivity (Wildman–Crippen MR) is 70.9 cm³/mol. The molecule has 0 aliphatic heterocycles. The fraction of sp³-hybridized carbons (Fsp3) is 0.417. The van der Waals surface area contributed by atoms with E-state index in [9.17, 15) is 8.42 Å². The van der Waals surface area contributed by atoms with E-state index >= 15 is 0 Å². The van der Waals surface area contributed by atoms with Gasteiger partial charge in [-0.3, -0.25) is 0 Å². The molecular weight excluding hydrogens is 272 g/mol. The highest BCUT2D eigenvalue weighted by Gasteiger charge is 2.20. The number of hydrogen-bond acceptors (Lipinski definition) is 3. The molecule has 0 aliphatic rings. The van der Waals surface area contributed by atoms with E-state index in [1.54, 1.807) is 6.92 Å². The summed E-state index contributed by atoms with van der Waals surface area (Å²) < 4.78 is 26.7. The minimum Gasteiger partial charge on any atom is -0.208 e. The fourth-order valence-electron chi connectivity index (χ4n) is 1.60. The number of nitrogens with zero attached hydrogens (tertiary/aromatic N) is 1. The Labute approximate surface area is 113 Å². The zero-order valence-corrected chi connectivity index (χ0v) is 11.8. The van der Waals surface area contributed by atoms with Crippen LogP contribution in [-0.4, -0.2) is 14.5 Å². The summed E-state index contributed by atoms with van der Waals surface area (Å²) >= 11 is 5.87. The fourth-order valence-corrected chi connectivity index (χ4v) is 3.40. The Morgan fingerprint density at radius 3 is 2.72 bits per heavy atom. The molecule has 1 N–H and O–H groups in total. The van der Waals surface area contributed by atoms with E-state index in [0.717, 1.165) is 12.8 Å². The zero-order chi connectivity index (χ0) is 13.8. The standard InChI is InChI=1S/C12H15ClN2O2S/c1-3-4-9(2)15-18(16,17)12-7-10(8-14)5-6-11(12)13/h5-7,9,15H,3-4H2,1-2H3. The molecule has 0 radical (unpaired) electrons. The topological polar surface area (TPSA) is 70.0 Å². The van der Waals surface area contributed by atoms with Crippen LogP contribution in [0.3, 0.4) is 0 Å². The van der Waals surface area contributed by atoms with Crippen LogP contribution in [0.5, 0.6) is 0 Å². The smallest absolute Gasteiger partial charge is 0.208 e. The molecule has 0 saturated heterocycles. The molecule has 0 spiro atoms. The van der Waals surface area contributed by atoms with Crippen molar-refractivity contribution in [3.8, 4) is 6.07 Å². The Morgan fingerprint density at radius 1 is 1.50 bits per heavy atom. The van der Waals surface area contributed by atoms with E-state index in [1.165, 1.54) is 18.2 Å². The molecule has 0 aromatic heterocycles. The Balaban J connectivity index is 3.09. The molecule has 98 valence electrons. The molecule has 0 fully saturated rings. The Bertz CT molecular complexity index is 564. The summed E-state index contributed by atoms with van der Waals surface area (Å²) in [6.07, 6.45) is 1.63. The Kier molecular flexibility index (Phi) is 5.15. The van der Waals surface area contributed by atoms with Crippen LogP contribution in [0.1, 0.15) is 32.3 Å². The number of rotatable bonds is 5. The minimum atomic E-state index is -3.68. The van der Waals surface area contributed by atoms with Crippen molar-refractivity contribution in [3.05, 3.63) is 28.8 Å². The van der Waals surface area contributed by atoms with Crippen molar-refractivity contribution < 1.29 is 8.42 Å². The first-order valence-electron chi connectivity index (χ1n) is 5.62. The molecule has 1 aromatic carbocycles. The van der Waals surface area contributed by atoms with Gasteiger partial charge in [-0.25, -0.2) is 13.1 Å². The van der Waals surface area contributed by atoms with Crippen LogP contribution in [0.4, 0.5) is 0 Å². The van der Waals surface area contributed by atoms with Crippen LogP contribution < -0.4 is 4.72 Å². The highest BCUT2D eigenvalue weighted by atomic mass is 35.5. The predicted octanol–water partition coefficient (Wildman–Crippen LogP) is 2.68. The number of nitrogens with one attached hydrogen (secondary N) is 1. The van der Waals surface area contributed by atoms with Gasteiger partial charge in [-0.05, 0) is 31.5 Å². The SMILES string of the molecule is CCCC(C)NS(=O)(=O)c1cc(C#N)ccc1Cl. The Hall–Kier alpha value is -1.09. The van der Waals surface area contributed by atoms with Gasteiger partial charge in [0.1, 0.15) is 4.90 Å². The maximum Gasteiger partial charge on any atom is 0.242 e. The number of hydrogen-bond donors (Lipinski definition) is 1. The first-order chi connectivity index (χ1) is 8.40. The largest absolute Gasteiger partial charge is 0.242 e. The van der Waals surface area contributed by atoms with E-state index in [4.69, 9.17) is 16.9 Å². The van der Waals surface area contributed by atoms with E-state index < -0.39 is 10.0 Å². The lowest BCUT2D eigenvalue weighted by molar-refractivity contribution is 0.544. The van der Waals surface area contributed by atoms with Crippen molar-refractivity contribution in [2.75, 3.05) is 0 Å². The second-order valence-electron chi connectivity index (χ2n) is 4.07. The van der Waals surface area contributed by atoms with Gasteiger partial charge in [-0.1, -0.05) is 24.9 Å². The highest BCUT2D eigenvalue weighted by molar-refractivity contribution is 7.89. The van der Waals surface area contributed by atoms with Crippen LogP contribution in [0, 0.1) is 11.3 Å². The first-order valence-corrected chi connectivity index (χ1v) is 7.48. The molecule has 1 rings (SSSR count). The number of nitriles is 1. The van der Waals surface area contributed by atoms with Crippen LogP contribution >= 0.6 is 11.6 Å². The molecule has 0 bridgehead atoms. The van der Waals surface area contributed by atoms with Crippen LogP contribution in [0.15, 0.2) is 23.1 Å². The van der Waals surface area contributed by atoms with Crippen molar-refractivity contribution in [2.24, 2.45) is 0 Å². The third-order valence-electron chi connectivity index (χ3n) is 2.43. The number of halogens is 1. The lowest BCUT2D eigenvalue weighted by Gasteiger charge is -2.14. The molecule has 4 nitrogen and oxygen atoms in total. The second kappa shape index (κ2) is 6.19. The summed E-state index contributed by atoms with van der Waals surface area (Å²) in [5.74, 6) is 0. The minimum absolute atomic E-state index is 0.0498. The van der Waals surface area contributed by atoms with Crippen molar-refractivity contribution in [1.29, 1.82) is 5.26 Å². The van der Waals surface area contributed by atoms with Gasteiger partial charge < -0.3 is 0 Å². The summed E-state index contributed by atoms with van der Waals surface area (Å²) in [5.41, 5.74) is 0.267. The zero-order valence-electron chi connectivity index (χ0n) is 10.3. The van der Waals surface area contributed by atoms with Gasteiger partial charge in [0.2, 0.25) is 10.0 Å². The third kappa shape index (κ3) is 3.70. The van der Waals surface area contributed by atoms with Gasteiger partial charge in [0.15, 0.2) is 0 Å². The summed E-state index contributed by atoms with van der Waals surface area (Å²) in [6, 6.07) is 5.91. The van der Waals surface area contributed by atoms with Crippen molar-refractivity contribution >= 4 is 21.6 Å². The van der Waals surface area contributed by atoms with Crippen molar-refractivity contribution in [2.45, 2.75) is 37.6 Å². The van der Waals surface area contributed by atoms with E-state index in [-0.39, 0.29) is 21.5 Å². The molecule has 0 aliphatic carbocycles. The van der Waals surface area contributed by atoms with Crippen LogP contribution in [0.25, 0.3) is 0 Å². The molecule has 18 heavy (non-hydrogen) atoms. The lowest BCUT2D eigenvalue weighted by atomic mass is 10.2. The summed E-state index contributed by atoms with van der Waals surface area (Å²) in [6.45, 7) is 3.77. The van der Waals surface area contributed by atoms with Gasteiger partial charge in [0.05, 0.1) is 16.7 Å². The summed E-state index contributed by atoms with van der Waals surface area (Å²) in [5, 5.41) is 8.89. The molecule has 1 atom stereocenters. The van der Waals surface area contributed by atoms with Crippen LogP contribution in [-0.2, 0) is 10.0 Å². The van der Waals surface area contributed by atoms with Crippen molar-refractivity contribution in [3.63, 3.8) is 0 Å². The third-order valence-corrected chi connectivity index (χ3v) is 4.50. The molecular formula is C12H15ClN2O2S. The van der Waals surface area contributed by atoms with Gasteiger partial charge in [-0.15, -0.1) is 0 Å². The monoisotopic (exact) mass is 286 g/mol. The van der Waals surface area contributed by atoms with Gasteiger partial charge in [0.25, 0.3) is 0 Å². The molecule has 0 saturated carbocycles. The van der Waals surface area contributed by atoms with Crippen molar-refractivity contribution in [1.82, 2.24) is 4.72 Å². The van der Waals surface area contributed by atoms with E-state index in [2.05, 4.69) is 4.72 Å². The average Bonchev–Trinajstić information content (AvgIpc) is 2.29. The second-order valence-corrected chi connectivity index (χ2v) is 6.16. The maximum absolute atomic E-state index is 12.1. The molecule has 0 heterocycles. The normalized spacial score (nSPS) is 13.0. The summed E-state index contributed by atoms with van der Waals surface area (Å²) in [7, 11) is -3.68. The number of sulfonamides is 1. The summed E-state index contributed by atoms with van der Waals surface area (Å²) in [4.78, 5) is -0.0498. The van der Waals surface area contributed by atoms with Gasteiger partial charge >= 0.3 is 0 Å². The van der Waals surface area contributed by atoms with Gasteiger partial charge in [0, 0.05) is 6.04 Å². The van der Waals surface area contributed by atoms with Gasteiger partial charge in [-0.2, -0.15) is 5.26 Å². The van der Waals surface area contributed by atoms with Crippen LogP contribution in [0.2, 0.25) is 5.02 Å². The van der Waals surface area contributed by atoms with E-state index in [0.29, 0.717) is 0 Å². The first kappa shape index (κ1) is 15.0. The molecule has 1 unspecified atom stereocenters. The molecule has 0 amide bonds. The quantitative estimate of drug-likeness (QED) is 0.905. The molecule has 6 heteroatoms.